The van der Waals surface area contributed by atoms with Crippen LogP contribution in [0.2, 0.25) is 0 Å². The van der Waals surface area contributed by atoms with Crippen molar-refractivity contribution < 1.29 is 22.7 Å². The lowest BCUT2D eigenvalue weighted by atomic mass is 10.1. The summed E-state index contributed by atoms with van der Waals surface area (Å²) < 4.78 is 34.3. The van der Waals surface area contributed by atoms with Crippen molar-refractivity contribution in [1.29, 1.82) is 0 Å². The summed E-state index contributed by atoms with van der Waals surface area (Å²) in [7, 11) is -2.53. The predicted molar refractivity (Wildman–Crippen MR) is 162 cm³/mol. The van der Waals surface area contributed by atoms with E-state index in [2.05, 4.69) is 5.32 Å². The van der Waals surface area contributed by atoms with Crippen LogP contribution in [0, 0.1) is 13.8 Å². The monoisotopic (exact) mass is 579 g/mol. The summed E-state index contributed by atoms with van der Waals surface area (Å²) in [5, 5.41) is 2.99. The van der Waals surface area contributed by atoms with Gasteiger partial charge in [0.15, 0.2) is 0 Å². The molecule has 0 aliphatic heterocycles. The number of ether oxygens (including phenoxy) is 1. The van der Waals surface area contributed by atoms with Gasteiger partial charge in [0, 0.05) is 12.6 Å². The van der Waals surface area contributed by atoms with Crippen LogP contribution in [-0.2, 0) is 26.2 Å². The number of benzene rings is 3. The highest BCUT2D eigenvalue weighted by atomic mass is 32.2. The van der Waals surface area contributed by atoms with Gasteiger partial charge in [0.25, 0.3) is 10.0 Å². The van der Waals surface area contributed by atoms with Gasteiger partial charge < -0.3 is 15.0 Å². The number of carbonyl (C=O) groups excluding carboxylic acids is 2. The molecule has 9 heteroatoms. The van der Waals surface area contributed by atoms with Gasteiger partial charge >= 0.3 is 0 Å². The van der Waals surface area contributed by atoms with E-state index in [-0.39, 0.29) is 23.4 Å². The minimum Gasteiger partial charge on any atom is -0.497 e. The first-order chi connectivity index (χ1) is 19.5. The van der Waals surface area contributed by atoms with Crippen molar-refractivity contribution in [3.8, 4) is 5.75 Å². The number of nitrogens with zero attached hydrogens (tertiary/aromatic N) is 2. The van der Waals surface area contributed by atoms with E-state index >= 15 is 0 Å². The molecule has 0 aromatic heterocycles. The molecule has 0 heterocycles. The maximum Gasteiger partial charge on any atom is 0.264 e. The minimum absolute atomic E-state index is 0.0697. The van der Waals surface area contributed by atoms with E-state index in [0.717, 1.165) is 27.4 Å². The second kappa shape index (κ2) is 14.2. The number of hydrogen-bond donors (Lipinski definition) is 1. The Morgan fingerprint density at radius 2 is 1.51 bits per heavy atom. The number of sulfonamides is 1. The number of carbonyl (C=O) groups is 2. The zero-order valence-corrected chi connectivity index (χ0v) is 25.6. The third kappa shape index (κ3) is 8.10. The molecule has 0 aliphatic rings. The maximum atomic E-state index is 14.2. The summed E-state index contributed by atoms with van der Waals surface area (Å²) in [5.41, 5.74) is 2.92. The van der Waals surface area contributed by atoms with Gasteiger partial charge in [-0.15, -0.1) is 0 Å². The fraction of sp³-hybridized carbons (Fsp3) is 0.375. The van der Waals surface area contributed by atoms with Gasteiger partial charge in [-0.3, -0.25) is 13.9 Å². The van der Waals surface area contributed by atoms with Crippen LogP contribution in [0.5, 0.6) is 5.75 Å². The average Bonchev–Trinajstić information content (AvgIpc) is 2.95. The highest BCUT2D eigenvalue weighted by Gasteiger charge is 2.34. The normalized spacial score (nSPS) is 12.7. The summed E-state index contributed by atoms with van der Waals surface area (Å²) in [6, 6.07) is 19.9. The maximum absolute atomic E-state index is 14.2. The molecule has 0 radical (unpaired) electrons. The Kier molecular flexibility index (Phi) is 10.9. The van der Waals surface area contributed by atoms with Crippen LogP contribution in [0.1, 0.15) is 50.3 Å². The third-order valence-electron chi connectivity index (χ3n) is 7.00. The van der Waals surface area contributed by atoms with Gasteiger partial charge in [0.1, 0.15) is 18.3 Å². The Balaban J connectivity index is 2.07. The minimum atomic E-state index is -4.10. The second-order valence-corrected chi connectivity index (χ2v) is 12.1. The number of nitrogens with one attached hydrogen (secondary N) is 1. The molecule has 2 amide bonds. The van der Waals surface area contributed by atoms with Gasteiger partial charge in [-0.05, 0) is 86.7 Å². The first-order valence-corrected chi connectivity index (χ1v) is 15.3. The van der Waals surface area contributed by atoms with E-state index in [1.807, 2.05) is 52.8 Å². The lowest BCUT2D eigenvalue weighted by Crippen LogP contribution is -2.53. The van der Waals surface area contributed by atoms with E-state index in [9.17, 15) is 18.0 Å². The number of amides is 2. The van der Waals surface area contributed by atoms with Crippen LogP contribution in [0.25, 0.3) is 0 Å². The number of anilines is 1. The Morgan fingerprint density at radius 1 is 0.902 bits per heavy atom. The SMILES string of the molecule is CCC(C)NC(=O)C(CC)N(Cc1ccc(OC)cc1)C(=O)CN(c1cc(C)cc(C)c1)S(=O)(=O)c1ccccc1. The molecule has 0 saturated carbocycles. The van der Waals surface area contributed by atoms with Crippen LogP contribution >= 0.6 is 0 Å². The summed E-state index contributed by atoms with van der Waals surface area (Å²) in [6.45, 7) is 9.15. The smallest absolute Gasteiger partial charge is 0.264 e. The topological polar surface area (TPSA) is 96.0 Å². The van der Waals surface area contributed by atoms with Crippen molar-refractivity contribution in [2.24, 2.45) is 0 Å². The lowest BCUT2D eigenvalue weighted by molar-refractivity contribution is -0.140. The average molecular weight is 580 g/mol. The summed E-state index contributed by atoms with van der Waals surface area (Å²) in [4.78, 5) is 29.1. The molecule has 2 atom stereocenters. The molecular formula is C32H41N3O5S. The first kappa shape index (κ1) is 31.7. The van der Waals surface area contributed by atoms with Crippen LogP contribution in [0.3, 0.4) is 0 Å². The van der Waals surface area contributed by atoms with Crippen molar-refractivity contribution in [2.45, 2.75) is 71.0 Å². The quantitative estimate of drug-likeness (QED) is 0.299. The molecule has 8 nitrogen and oxygen atoms in total. The molecule has 220 valence electrons. The zero-order chi connectivity index (χ0) is 30.2. The molecule has 3 aromatic rings. The third-order valence-corrected chi connectivity index (χ3v) is 8.79. The fourth-order valence-corrected chi connectivity index (χ4v) is 6.05. The lowest BCUT2D eigenvalue weighted by Gasteiger charge is -2.34. The van der Waals surface area contributed by atoms with Crippen LogP contribution in [-0.4, -0.2) is 50.9 Å². The number of methoxy groups -OCH3 is 1. The summed E-state index contributed by atoms with van der Waals surface area (Å²) in [6.07, 6.45) is 1.10. The fourth-order valence-electron chi connectivity index (χ4n) is 4.63. The standard InChI is InChI=1S/C32H41N3O5S/c1-7-25(5)33-32(37)30(8-2)34(21-26-14-16-28(40-6)17-15-26)31(36)22-35(27-19-23(3)18-24(4)20-27)41(38,39)29-12-10-9-11-13-29/h9-20,25,30H,7-8,21-22H2,1-6H3,(H,33,37). The number of rotatable bonds is 13. The first-order valence-electron chi connectivity index (χ1n) is 13.9. The van der Waals surface area contributed by atoms with E-state index in [4.69, 9.17) is 4.74 Å². The summed E-state index contributed by atoms with van der Waals surface area (Å²) in [5.74, 6) is -0.0821. The van der Waals surface area contributed by atoms with Gasteiger partial charge in [0.05, 0.1) is 17.7 Å². The molecule has 0 aliphatic carbocycles. The van der Waals surface area contributed by atoms with Crippen molar-refractivity contribution in [1.82, 2.24) is 10.2 Å². The van der Waals surface area contributed by atoms with Crippen LogP contribution in [0.15, 0.2) is 77.7 Å². The van der Waals surface area contributed by atoms with E-state index in [1.54, 1.807) is 49.6 Å². The van der Waals surface area contributed by atoms with Crippen LogP contribution < -0.4 is 14.4 Å². The van der Waals surface area contributed by atoms with Crippen molar-refractivity contribution in [3.63, 3.8) is 0 Å². The number of hydrogen-bond acceptors (Lipinski definition) is 5. The Labute approximate surface area is 244 Å². The Hall–Kier alpha value is -3.85. The van der Waals surface area contributed by atoms with E-state index < -0.39 is 28.5 Å². The summed E-state index contributed by atoms with van der Waals surface area (Å²) >= 11 is 0. The van der Waals surface area contributed by atoms with Crippen LogP contribution in [0.4, 0.5) is 5.69 Å². The Bertz CT molecular complexity index is 1410. The van der Waals surface area contributed by atoms with Crippen molar-refractivity contribution >= 4 is 27.5 Å². The highest BCUT2D eigenvalue weighted by molar-refractivity contribution is 7.92. The molecule has 41 heavy (non-hydrogen) atoms. The van der Waals surface area contributed by atoms with Gasteiger partial charge in [-0.2, -0.15) is 0 Å². The van der Waals surface area contributed by atoms with Gasteiger partial charge in [0.2, 0.25) is 11.8 Å². The molecule has 3 aromatic carbocycles. The molecular weight excluding hydrogens is 538 g/mol. The predicted octanol–water partition coefficient (Wildman–Crippen LogP) is 5.23. The van der Waals surface area contributed by atoms with E-state index in [1.165, 1.54) is 17.0 Å². The molecule has 3 rings (SSSR count). The second-order valence-electron chi connectivity index (χ2n) is 10.3. The highest BCUT2D eigenvalue weighted by Crippen LogP contribution is 2.27. The molecule has 0 saturated heterocycles. The Morgan fingerprint density at radius 3 is 2.05 bits per heavy atom. The van der Waals surface area contributed by atoms with Gasteiger partial charge in [-0.1, -0.05) is 50.2 Å². The largest absolute Gasteiger partial charge is 0.497 e. The molecule has 1 N–H and O–H groups in total. The van der Waals surface area contributed by atoms with Crippen molar-refractivity contribution in [3.05, 3.63) is 89.5 Å². The molecule has 0 spiro atoms. The molecule has 2 unspecified atom stereocenters. The molecule has 0 bridgehead atoms. The zero-order valence-electron chi connectivity index (χ0n) is 24.8. The molecule has 0 fully saturated rings. The van der Waals surface area contributed by atoms with E-state index in [0.29, 0.717) is 17.9 Å². The van der Waals surface area contributed by atoms with Crippen molar-refractivity contribution in [2.75, 3.05) is 18.0 Å². The van der Waals surface area contributed by atoms with Gasteiger partial charge in [-0.25, -0.2) is 8.42 Å². The number of aryl methyl sites for hydroxylation is 2.